The summed E-state index contributed by atoms with van der Waals surface area (Å²) >= 11 is 0. The van der Waals surface area contributed by atoms with Crippen molar-refractivity contribution in [1.29, 1.82) is 0 Å². The molecule has 0 saturated heterocycles. The lowest BCUT2D eigenvalue weighted by Crippen LogP contribution is -2.28. The Kier molecular flexibility index (Phi) is 4.93. The number of halogens is 2. The van der Waals surface area contributed by atoms with Crippen molar-refractivity contribution in [2.75, 3.05) is 0 Å². The summed E-state index contributed by atoms with van der Waals surface area (Å²) in [7, 11) is 0. The topological polar surface area (TPSA) is 29.9 Å². The zero-order valence-electron chi connectivity index (χ0n) is 9.16. The Morgan fingerprint density at radius 1 is 1.62 bits per heavy atom. The number of nitrogens with one attached hydrogen (secondary N) is 1. The van der Waals surface area contributed by atoms with Crippen molar-refractivity contribution in [1.82, 2.24) is 14.9 Å². The first-order valence-electron chi connectivity index (χ1n) is 5.18. The molecule has 88 valence electrons. The summed E-state index contributed by atoms with van der Waals surface area (Å²) in [5.74, 6) is 2.88. The summed E-state index contributed by atoms with van der Waals surface area (Å²) < 4.78 is 25.8. The molecule has 1 atom stereocenters. The number of imidazole rings is 1. The van der Waals surface area contributed by atoms with Crippen LogP contribution >= 0.6 is 0 Å². The van der Waals surface area contributed by atoms with E-state index >= 15 is 0 Å². The predicted octanol–water partition coefficient (Wildman–Crippen LogP) is 2.17. The number of rotatable bonds is 6. The number of terminal acetylenes is 1. The molecule has 1 unspecified atom stereocenters. The highest BCUT2D eigenvalue weighted by Gasteiger charge is 2.12. The Hall–Kier alpha value is -1.41. The first kappa shape index (κ1) is 12.7. The van der Waals surface area contributed by atoms with Crippen LogP contribution in [0.2, 0.25) is 0 Å². The SMILES string of the molecule is C#CC(CCC)NCc1nccn1C(F)F. The monoisotopic (exact) mass is 227 g/mol. The van der Waals surface area contributed by atoms with Crippen LogP contribution in [0.5, 0.6) is 0 Å². The minimum Gasteiger partial charge on any atom is -0.297 e. The molecular weight excluding hydrogens is 212 g/mol. The predicted molar refractivity (Wildman–Crippen MR) is 57.8 cm³/mol. The van der Waals surface area contributed by atoms with E-state index in [9.17, 15) is 8.78 Å². The van der Waals surface area contributed by atoms with Gasteiger partial charge in [-0.3, -0.25) is 9.88 Å². The molecule has 1 rings (SSSR count). The van der Waals surface area contributed by atoms with Gasteiger partial charge in [-0.05, 0) is 6.42 Å². The normalized spacial score (nSPS) is 12.7. The zero-order chi connectivity index (χ0) is 12.0. The highest BCUT2D eigenvalue weighted by molar-refractivity contribution is 5.00. The molecule has 0 aliphatic heterocycles. The van der Waals surface area contributed by atoms with E-state index in [0.717, 1.165) is 17.4 Å². The molecule has 1 N–H and O–H groups in total. The van der Waals surface area contributed by atoms with Gasteiger partial charge in [0.15, 0.2) is 0 Å². The first-order chi connectivity index (χ1) is 7.69. The summed E-state index contributed by atoms with van der Waals surface area (Å²) in [5.41, 5.74) is 0. The Morgan fingerprint density at radius 2 is 2.38 bits per heavy atom. The van der Waals surface area contributed by atoms with Crippen LogP contribution in [-0.4, -0.2) is 15.6 Å². The van der Waals surface area contributed by atoms with Crippen LogP contribution in [0.3, 0.4) is 0 Å². The summed E-state index contributed by atoms with van der Waals surface area (Å²) in [6.45, 7) is -0.284. The summed E-state index contributed by atoms with van der Waals surface area (Å²) in [5, 5.41) is 3.02. The number of nitrogens with zero attached hydrogens (tertiary/aromatic N) is 2. The number of hydrogen-bond acceptors (Lipinski definition) is 2. The van der Waals surface area contributed by atoms with Gasteiger partial charge in [0.1, 0.15) is 5.82 Å². The molecule has 3 nitrogen and oxygen atoms in total. The maximum Gasteiger partial charge on any atom is 0.319 e. The van der Waals surface area contributed by atoms with Crippen LogP contribution in [0.15, 0.2) is 12.4 Å². The molecule has 0 fully saturated rings. The molecule has 1 aromatic heterocycles. The van der Waals surface area contributed by atoms with Crippen molar-refractivity contribution in [2.45, 2.75) is 38.9 Å². The second kappa shape index (κ2) is 6.23. The maximum absolute atomic E-state index is 12.5. The van der Waals surface area contributed by atoms with Crippen molar-refractivity contribution in [2.24, 2.45) is 0 Å². The molecule has 1 aromatic rings. The molecule has 0 aliphatic carbocycles. The number of aromatic nitrogens is 2. The largest absolute Gasteiger partial charge is 0.319 e. The van der Waals surface area contributed by atoms with Crippen molar-refractivity contribution in [3.8, 4) is 12.3 Å². The van der Waals surface area contributed by atoms with Crippen molar-refractivity contribution >= 4 is 0 Å². The van der Waals surface area contributed by atoms with Gasteiger partial charge in [0.25, 0.3) is 0 Å². The summed E-state index contributed by atoms with van der Waals surface area (Å²) in [4.78, 5) is 3.86. The van der Waals surface area contributed by atoms with Gasteiger partial charge in [0.05, 0.1) is 12.6 Å². The Balaban J connectivity index is 2.54. The fourth-order valence-electron chi connectivity index (χ4n) is 1.41. The van der Waals surface area contributed by atoms with Gasteiger partial charge in [-0.2, -0.15) is 8.78 Å². The molecule has 0 radical (unpaired) electrons. The second-order valence-electron chi connectivity index (χ2n) is 3.42. The molecule has 16 heavy (non-hydrogen) atoms. The van der Waals surface area contributed by atoms with Gasteiger partial charge < -0.3 is 0 Å². The highest BCUT2D eigenvalue weighted by Crippen LogP contribution is 2.12. The Bertz CT molecular complexity index is 354. The average molecular weight is 227 g/mol. The first-order valence-corrected chi connectivity index (χ1v) is 5.18. The van der Waals surface area contributed by atoms with Crippen LogP contribution in [-0.2, 0) is 6.54 Å². The third-order valence-corrected chi connectivity index (χ3v) is 2.24. The van der Waals surface area contributed by atoms with Crippen LogP contribution in [0.1, 0.15) is 32.1 Å². The van der Waals surface area contributed by atoms with Gasteiger partial charge >= 0.3 is 6.55 Å². The zero-order valence-corrected chi connectivity index (χ0v) is 9.16. The molecule has 0 saturated carbocycles. The minimum atomic E-state index is -2.56. The van der Waals surface area contributed by atoms with Crippen LogP contribution in [0, 0.1) is 12.3 Å². The van der Waals surface area contributed by atoms with Crippen molar-refractivity contribution in [3.05, 3.63) is 18.2 Å². The van der Waals surface area contributed by atoms with E-state index in [1.54, 1.807) is 0 Å². The van der Waals surface area contributed by atoms with Crippen molar-refractivity contribution in [3.63, 3.8) is 0 Å². The van der Waals surface area contributed by atoms with Crippen molar-refractivity contribution < 1.29 is 8.78 Å². The smallest absolute Gasteiger partial charge is 0.297 e. The van der Waals surface area contributed by atoms with E-state index in [1.807, 2.05) is 6.92 Å². The number of alkyl halides is 2. The van der Waals surface area contributed by atoms with E-state index in [0.29, 0.717) is 5.82 Å². The van der Waals surface area contributed by atoms with E-state index in [2.05, 4.69) is 16.2 Å². The van der Waals surface area contributed by atoms with Gasteiger partial charge in [0.2, 0.25) is 0 Å². The molecule has 0 aliphatic rings. The van der Waals surface area contributed by atoms with E-state index in [-0.39, 0.29) is 12.6 Å². The van der Waals surface area contributed by atoms with E-state index in [1.165, 1.54) is 12.4 Å². The standard InChI is InChI=1S/C11H15F2N3/c1-3-5-9(4-2)15-8-10-14-6-7-16(10)11(12)13/h2,6-7,9,11,15H,3,5,8H2,1H3. The summed E-state index contributed by atoms with van der Waals surface area (Å²) in [6.07, 6.45) is 9.69. The molecule has 0 bridgehead atoms. The molecular formula is C11H15F2N3. The molecule has 5 heteroatoms. The van der Waals surface area contributed by atoms with Gasteiger partial charge in [-0.1, -0.05) is 19.3 Å². The van der Waals surface area contributed by atoms with Crippen LogP contribution in [0.25, 0.3) is 0 Å². The quantitative estimate of drug-likeness (QED) is 0.755. The number of hydrogen-bond donors (Lipinski definition) is 1. The lowest BCUT2D eigenvalue weighted by atomic mass is 10.2. The van der Waals surface area contributed by atoms with E-state index in [4.69, 9.17) is 6.42 Å². The van der Waals surface area contributed by atoms with Gasteiger partial charge in [-0.15, -0.1) is 6.42 Å². The van der Waals surface area contributed by atoms with Crippen LogP contribution in [0.4, 0.5) is 8.78 Å². The van der Waals surface area contributed by atoms with Gasteiger partial charge in [-0.25, -0.2) is 4.98 Å². The van der Waals surface area contributed by atoms with Gasteiger partial charge in [0, 0.05) is 12.4 Å². The lowest BCUT2D eigenvalue weighted by molar-refractivity contribution is 0.0665. The molecule has 0 amide bonds. The second-order valence-corrected chi connectivity index (χ2v) is 3.42. The lowest BCUT2D eigenvalue weighted by Gasteiger charge is -2.12. The van der Waals surface area contributed by atoms with E-state index < -0.39 is 6.55 Å². The maximum atomic E-state index is 12.5. The molecule has 1 heterocycles. The molecule has 0 spiro atoms. The summed E-state index contributed by atoms with van der Waals surface area (Å²) in [6, 6.07) is -0.0900. The Morgan fingerprint density at radius 3 is 2.94 bits per heavy atom. The average Bonchev–Trinajstić information content (AvgIpc) is 2.72. The minimum absolute atomic E-state index is 0.0900. The third-order valence-electron chi connectivity index (χ3n) is 2.24. The van der Waals surface area contributed by atoms with Crippen LogP contribution < -0.4 is 5.32 Å². The molecule has 0 aromatic carbocycles. The fourth-order valence-corrected chi connectivity index (χ4v) is 1.41. The third kappa shape index (κ3) is 3.31. The fraction of sp³-hybridized carbons (Fsp3) is 0.545. The Labute approximate surface area is 93.9 Å². The highest BCUT2D eigenvalue weighted by atomic mass is 19.3.